The van der Waals surface area contributed by atoms with Crippen LogP contribution in [0.2, 0.25) is 5.02 Å². The van der Waals surface area contributed by atoms with E-state index in [4.69, 9.17) is 11.6 Å². The molecule has 0 aliphatic heterocycles. The standard InChI is InChI=1S/C13H19ClN2O3S/c1-4-10(2)16(20(3,18)19)9-13(17)15-12-8-6-5-7-11(12)14/h5-8,10H,4,9H2,1-3H3,(H,15,17). The zero-order chi connectivity index (χ0) is 15.3. The van der Waals surface area contributed by atoms with E-state index in [-0.39, 0.29) is 12.6 Å². The van der Waals surface area contributed by atoms with Crippen LogP contribution < -0.4 is 5.32 Å². The number of carbonyl (C=O) groups excluding carboxylic acids is 1. The first-order valence-electron chi connectivity index (χ1n) is 6.27. The predicted molar refractivity (Wildman–Crippen MR) is 81.4 cm³/mol. The second-order valence-electron chi connectivity index (χ2n) is 4.59. The van der Waals surface area contributed by atoms with Gasteiger partial charge >= 0.3 is 0 Å². The van der Waals surface area contributed by atoms with Gasteiger partial charge < -0.3 is 5.32 Å². The molecular formula is C13H19ClN2O3S. The highest BCUT2D eigenvalue weighted by atomic mass is 35.5. The minimum atomic E-state index is -3.43. The normalized spacial score (nSPS) is 13.2. The quantitative estimate of drug-likeness (QED) is 0.875. The van der Waals surface area contributed by atoms with E-state index in [1.54, 1.807) is 31.2 Å². The lowest BCUT2D eigenvalue weighted by Crippen LogP contribution is -2.42. The zero-order valence-corrected chi connectivity index (χ0v) is 13.3. The highest BCUT2D eigenvalue weighted by Crippen LogP contribution is 2.20. The number of para-hydroxylation sites is 1. The van der Waals surface area contributed by atoms with Gasteiger partial charge in [-0.25, -0.2) is 8.42 Å². The Morgan fingerprint density at radius 1 is 1.40 bits per heavy atom. The predicted octanol–water partition coefficient (Wildman–Crippen LogP) is 2.34. The number of carbonyl (C=O) groups is 1. The molecule has 112 valence electrons. The number of amides is 1. The number of benzene rings is 1. The van der Waals surface area contributed by atoms with Crippen LogP contribution in [0.15, 0.2) is 24.3 Å². The van der Waals surface area contributed by atoms with Gasteiger partial charge in [-0.05, 0) is 25.5 Å². The average molecular weight is 319 g/mol. The molecule has 0 saturated heterocycles. The third-order valence-electron chi connectivity index (χ3n) is 2.96. The first-order chi connectivity index (χ1) is 9.25. The van der Waals surface area contributed by atoms with Crippen LogP contribution in [0.5, 0.6) is 0 Å². The Bertz CT molecular complexity index is 575. The molecule has 0 radical (unpaired) electrons. The molecule has 5 nitrogen and oxygen atoms in total. The number of anilines is 1. The third kappa shape index (κ3) is 4.77. The minimum absolute atomic E-state index is 0.223. The molecule has 0 spiro atoms. The number of hydrogen-bond acceptors (Lipinski definition) is 3. The molecule has 20 heavy (non-hydrogen) atoms. The van der Waals surface area contributed by atoms with E-state index in [0.29, 0.717) is 17.1 Å². The molecule has 1 atom stereocenters. The number of halogens is 1. The largest absolute Gasteiger partial charge is 0.324 e. The Kier molecular flexibility index (Phi) is 5.98. The van der Waals surface area contributed by atoms with Gasteiger partial charge in [0.2, 0.25) is 15.9 Å². The fourth-order valence-corrected chi connectivity index (χ4v) is 3.03. The Labute approximate surface area is 125 Å². The van der Waals surface area contributed by atoms with E-state index in [0.717, 1.165) is 6.26 Å². The van der Waals surface area contributed by atoms with Crippen molar-refractivity contribution in [2.75, 3.05) is 18.1 Å². The number of nitrogens with one attached hydrogen (secondary N) is 1. The molecule has 0 saturated carbocycles. The van der Waals surface area contributed by atoms with Crippen LogP contribution in [0.25, 0.3) is 0 Å². The monoisotopic (exact) mass is 318 g/mol. The molecule has 1 amide bonds. The van der Waals surface area contributed by atoms with Crippen molar-refractivity contribution in [2.45, 2.75) is 26.3 Å². The summed E-state index contributed by atoms with van der Waals surface area (Å²) in [6.45, 7) is 3.41. The van der Waals surface area contributed by atoms with Crippen molar-refractivity contribution in [3.63, 3.8) is 0 Å². The van der Waals surface area contributed by atoms with E-state index >= 15 is 0 Å². The number of rotatable bonds is 6. The van der Waals surface area contributed by atoms with Crippen molar-refractivity contribution >= 4 is 33.2 Å². The summed E-state index contributed by atoms with van der Waals surface area (Å²) >= 11 is 5.94. The maximum Gasteiger partial charge on any atom is 0.239 e. The Hall–Kier alpha value is -1.11. The number of nitrogens with zero attached hydrogens (tertiary/aromatic N) is 1. The van der Waals surface area contributed by atoms with E-state index < -0.39 is 15.9 Å². The summed E-state index contributed by atoms with van der Waals surface area (Å²) in [6.07, 6.45) is 1.73. The van der Waals surface area contributed by atoms with Crippen molar-refractivity contribution in [1.82, 2.24) is 4.31 Å². The average Bonchev–Trinajstić information content (AvgIpc) is 2.36. The molecule has 1 unspecified atom stereocenters. The Morgan fingerprint density at radius 2 is 2.00 bits per heavy atom. The maximum absolute atomic E-state index is 12.0. The molecule has 0 aromatic heterocycles. The van der Waals surface area contributed by atoms with Gasteiger partial charge in [-0.15, -0.1) is 0 Å². The van der Waals surface area contributed by atoms with Gasteiger partial charge in [0.1, 0.15) is 0 Å². The summed E-state index contributed by atoms with van der Waals surface area (Å²) < 4.78 is 24.6. The lowest BCUT2D eigenvalue weighted by Gasteiger charge is -2.25. The summed E-state index contributed by atoms with van der Waals surface area (Å²) in [5.74, 6) is -0.413. The van der Waals surface area contributed by atoms with Gasteiger partial charge in [-0.3, -0.25) is 4.79 Å². The molecular weight excluding hydrogens is 300 g/mol. The van der Waals surface area contributed by atoms with E-state index in [2.05, 4.69) is 5.32 Å². The lowest BCUT2D eigenvalue weighted by molar-refractivity contribution is -0.116. The van der Waals surface area contributed by atoms with Crippen LogP contribution in [0, 0.1) is 0 Å². The molecule has 7 heteroatoms. The first-order valence-corrected chi connectivity index (χ1v) is 8.49. The van der Waals surface area contributed by atoms with Crippen molar-refractivity contribution in [2.24, 2.45) is 0 Å². The maximum atomic E-state index is 12.0. The first kappa shape index (κ1) is 16.9. The molecule has 0 aliphatic carbocycles. The molecule has 0 heterocycles. The molecule has 0 bridgehead atoms. The number of sulfonamides is 1. The fraction of sp³-hybridized carbons (Fsp3) is 0.462. The van der Waals surface area contributed by atoms with Crippen LogP contribution in [-0.4, -0.2) is 37.5 Å². The summed E-state index contributed by atoms with van der Waals surface area (Å²) in [5.41, 5.74) is 0.469. The van der Waals surface area contributed by atoms with Gasteiger partial charge in [0.05, 0.1) is 23.5 Å². The number of hydrogen-bond donors (Lipinski definition) is 1. The molecule has 1 aromatic rings. The van der Waals surface area contributed by atoms with Gasteiger partial charge in [-0.2, -0.15) is 4.31 Å². The Balaban J connectivity index is 2.80. The topological polar surface area (TPSA) is 66.5 Å². The van der Waals surface area contributed by atoms with Crippen molar-refractivity contribution in [1.29, 1.82) is 0 Å². The third-order valence-corrected chi connectivity index (χ3v) is 4.63. The van der Waals surface area contributed by atoms with Crippen LogP contribution in [-0.2, 0) is 14.8 Å². The second kappa shape index (κ2) is 7.06. The molecule has 0 fully saturated rings. The smallest absolute Gasteiger partial charge is 0.239 e. The van der Waals surface area contributed by atoms with Crippen molar-refractivity contribution < 1.29 is 13.2 Å². The minimum Gasteiger partial charge on any atom is -0.324 e. The van der Waals surface area contributed by atoms with E-state index in [9.17, 15) is 13.2 Å². The summed E-state index contributed by atoms with van der Waals surface area (Å²) in [4.78, 5) is 12.0. The molecule has 0 aliphatic rings. The molecule has 1 N–H and O–H groups in total. The SMILES string of the molecule is CCC(C)N(CC(=O)Nc1ccccc1Cl)S(C)(=O)=O. The lowest BCUT2D eigenvalue weighted by atomic mass is 10.2. The van der Waals surface area contributed by atoms with E-state index in [1.165, 1.54) is 4.31 Å². The van der Waals surface area contributed by atoms with Gasteiger partial charge in [0.25, 0.3) is 0 Å². The highest BCUT2D eigenvalue weighted by molar-refractivity contribution is 7.88. The fourth-order valence-electron chi connectivity index (χ4n) is 1.70. The van der Waals surface area contributed by atoms with Crippen molar-refractivity contribution in [3.8, 4) is 0 Å². The van der Waals surface area contributed by atoms with E-state index in [1.807, 2.05) is 6.92 Å². The van der Waals surface area contributed by atoms with Crippen LogP contribution in [0.1, 0.15) is 20.3 Å². The summed E-state index contributed by atoms with van der Waals surface area (Å²) in [6, 6.07) is 6.57. The van der Waals surface area contributed by atoms with Gasteiger partial charge in [0.15, 0.2) is 0 Å². The second-order valence-corrected chi connectivity index (χ2v) is 6.94. The Morgan fingerprint density at radius 3 is 2.50 bits per heavy atom. The summed E-state index contributed by atoms with van der Waals surface area (Å²) in [7, 11) is -3.43. The zero-order valence-electron chi connectivity index (χ0n) is 11.8. The van der Waals surface area contributed by atoms with Crippen molar-refractivity contribution in [3.05, 3.63) is 29.3 Å². The van der Waals surface area contributed by atoms with Gasteiger partial charge in [-0.1, -0.05) is 30.7 Å². The van der Waals surface area contributed by atoms with Crippen LogP contribution in [0.3, 0.4) is 0 Å². The van der Waals surface area contributed by atoms with Crippen LogP contribution >= 0.6 is 11.6 Å². The highest BCUT2D eigenvalue weighted by Gasteiger charge is 2.24. The van der Waals surface area contributed by atoms with Gasteiger partial charge in [0, 0.05) is 6.04 Å². The van der Waals surface area contributed by atoms with Crippen LogP contribution in [0.4, 0.5) is 5.69 Å². The summed E-state index contributed by atoms with van der Waals surface area (Å²) in [5, 5.41) is 3.03. The molecule has 1 aromatic carbocycles. The molecule has 1 rings (SSSR count).